The van der Waals surface area contributed by atoms with Crippen LogP contribution in [0.15, 0.2) is 24.3 Å². The van der Waals surface area contributed by atoms with E-state index in [2.05, 4.69) is 20.8 Å². The lowest BCUT2D eigenvalue weighted by Gasteiger charge is -2.29. The van der Waals surface area contributed by atoms with Crippen molar-refractivity contribution in [2.45, 2.75) is 52.9 Å². The van der Waals surface area contributed by atoms with Gasteiger partial charge in [-0.15, -0.1) is 11.3 Å². The first-order valence-electron chi connectivity index (χ1n) is 9.44. The van der Waals surface area contributed by atoms with Gasteiger partial charge in [-0.2, -0.15) is 0 Å². The highest BCUT2D eigenvalue weighted by Crippen LogP contribution is 2.41. The van der Waals surface area contributed by atoms with Gasteiger partial charge in [0, 0.05) is 21.9 Å². The van der Waals surface area contributed by atoms with Gasteiger partial charge in [0.1, 0.15) is 5.75 Å². The van der Waals surface area contributed by atoms with Gasteiger partial charge in [-0.3, -0.25) is 10.1 Å². The van der Waals surface area contributed by atoms with Crippen molar-refractivity contribution >= 4 is 23.2 Å². The zero-order valence-electron chi connectivity index (χ0n) is 16.4. The van der Waals surface area contributed by atoms with Gasteiger partial charge in [0.2, 0.25) is 0 Å². The first kappa shape index (κ1) is 20.3. The predicted molar refractivity (Wildman–Crippen MR) is 108 cm³/mol. The van der Waals surface area contributed by atoms with Crippen LogP contribution in [0.2, 0.25) is 0 Å². The topological polar surface area (TPSA) is 78.7 Å². The molecule has 6 nitrogen and oxygen atoms in total. The normalized spacial score (nSPS) is 15.0. The minimum atomic E-state index is -0.794. The molecule has 1 aromatic carbocycles. The number of hydrogen-bond donors (Lipinski definition) is 0. The van der Waals surface area contributed by atoms with E-state index in [1.54, 1.807) is 0 Å². The molecular formula is C21H25NO5S. The quantitative estimate of drug-likeness (QED) is 0.205. The smallest absolute Gasteiger partial charge is 0.434 e. The summed E-state index contributed by atoms with van der Waals surface area (Å²) in [6.07, 6.45) is 4.36. The lowest BCUT2D eigenvalue weighted by Crippen LogP contribution is -2.21. The average Bonchev–Trinajstić information content (AvgIpc) is 2.94. The number of nitro benzene ring substituents is 1. The number of nitrogens with zero attached hydrogens (tertiary/aromatic N) is 1. The molecule has 1 aliphatic rings. The maximum atomic E-state index is 11.8. The van der Waals surface area contributed by atoms with Gasteiger partial charge in [-0.05, 0) is 67.7 Å². The van der Waals surface area contributed by atoms with E-state index in [1.165, 1.54) is 51.6 Å². The third kappa shape index (κ3) is 4.90. The van der Waals surface area contributed by atoms with Crippen molar-refractivity contribution in [2.24, 2.45) is 5.41 Å². The number of carbonyl (C=O) groups is 1. The zero-order chi connectivity index (χ0) is 20.3. The van der Waals surface area contributed by atoms with Crippen LogP contribution < -0.4 is 4.74 Å². The molecule has 0 amide bonds. The van der Waals surface area contributed by atoms with E-state index in [0.717, 1.165) is 25.7 Å². The van der Waals surface area contributed by atoms with Gasteiger partial charge in [0.25, 0.3) is 5.69 Å². The minimum absolute atomic E-state index is 0.0573. The maximum absolute atomic E-state index is 11.8. The van der Waals surface area contributed by atoms with Crippen LogP contribution in [0.25, 0.3) is 0 Å². The molecule has 0 bridgehead atoms. The predicted octanol–water partition coefficient (Wildman–Crippen LogP) is 5.63. The summed E-state index contributed by atoms with van der Waals surface area (Å²) < 4.78 is 10.2. The number of benzene rings is 1. The standard InChI is InChI=1S/C21H25NO5S/c1-14-17-13-21(2,3)11-10-19(17)28-18(14)5-4-12-26-20(23)27-16-8-6-15(7-9-16)22(24)25/h6-9H,4-5,10-13H2,1-3H3. The number of aryl methyl sites for hydroxylation is 2. The van der Waals surface area contributed by atoms with E-state index in [9.17, 15) is 14.9 Å². The van der Waals surface area contributed by atoms with E-state index >= 15 is 0 Å². The molecule has 0 unspecified atom stereocenters. The number of fused-ring (bicyclic) bond motifs is 1. The fourth-order valence-electron chi connectivity index (χ4n) is 3.50. The summed E-state index contributed by atoms with van der Waals surface area (Å²) in [6.45, 7) is 7.14. The van der Waals surface area contributed by atoms with Crippen LogP contribution in [0.5, 0.6) is 5.75 Å². The summed E-state index contributed by atoms with van der Waals surface area (Å²) in [6, 6.07) is 5.32. The molecule has 0 N–H and O–H groups in total. The molecule has 150 valence electrons. The summed E-state index contributed by atoms with van der Waals surface area (Å²) in [5, 5.41) is 10.6. The number of ether oxygens (including phenoxy) is 2. The van der Waals surface area contributed by atoms with Crippen molar-refractivity contribution in [1.82, 2.24) is 0 Å². The molecule has 0 atom stereocenters. The molecule has 0 aliphatic heterocycles. The van der Waals surface area contributed by atoms with Crippen molar-refractivity contribution < 1.29 is 19.2 Å². The Balaban J connectivity index is 1.45. The molecule has 1 aliphatic carbocycles. The Labute approximate surface area is 168 Å². The number of hydrogen-bond acceptors (Lipinski definition) is 6. The molecule has 3 rings (SSSR count). The van der Waals surface area contributed by atoms with Crippen molar-refractivity contribution in [1.29, 1.82) is 0 Å². The van der Waals surface area contributed by atoms with Crippen LogP contribution in [0.1, 0.15) is 47.6 Å². The van der Waals surface area contributed by atoms with Crippen molar-refractivity contribution in [3.63, 3.8) is 0 Å². The Hall–Kier alpha value is -2.41. The third-order valence-corrected chi connectivity index (χ3v) is 6.61. The number of rotatable bonds is 6. The van der Waals surface area contributed by atoms with Crippen LogP contribution in [0.3, 0.4) is 0 Å². The Morgan fingerprint density at radius 3 is 2.68 bits per heavy atom. The monoisotopic (exact) mass is 403 g/mol. The fourth-order valence-corrected chi connectivity index (χ4v) is 4.88. The van der Waals surface area contributed by atoms with Gasteiger partial charge in [0.15, 0.2) is 0 Å². The molecular weight excluding hydrogens is 378 g/mol. The Kier molecular flexibility index (Phi) is 6.03. The molecule has 0 fully saturated rings. The Morgan fingerprint density at radius 2 is 2.00 bits per heavy atom. The van der Waals surface area contributed by atoms with Gasteiger partial charge < -0.3 is 9.47 Å². The summed E-state index contributed by atoms with van der Waals surface area (Å²) in [4.78, 5) is 24.8. The number of thiophene rings is 1. The van der Waals surface area contributed by atoms with Gasteiger partial charge in [0.05, 0.1) is 11.5 Å². The SMILES string of the molecule is Cc1c(CCCOC(=O)Oc2ccc([N+](=O)[O-])cc2)sc2c1CC(C)(C)CC2. The highest BCUT2D eigenvalue weighted by molar-refractivity contribution is 7.12. The molecule has 0 saturated heterocycles. The van der Waals surface area contributed by atoms with Crippen LogP contribution in [-0.2, 0) is 24.0 Å². The highest BCUT2D eigenvalue weighted by atomic mass is 32.1. The van der Waals surface area contributed by atoms with E-state index < -0.39 is 11.1 Å². The number of nitro groups is 1. The molecule has 2 aromatic rings. The van der Waals surface area contributed by atoms with Crippen molar-refractivity contribution in [3.05, 3.63) is 55.3 Å². The molecule has 7 heteroatoms. The molecule has 1 aromatic heterocycles. The lowest BCUT2D eigenvalue weighted by atomic mass is 9.76. The maximum Gasteiger partial charge on any atom is 0.513 e. The summed E-state index contributed by atoms with van der Waals surface area (Å²) >= 11 is 1.90. The van der Waals surface area contributed by atoms with Crippen molar-refractivity contribution in [3.8, 4) is 5.75 Å². The van der Waals surface area contributed by atoms with E-state index in [1.807, 2.05) is 11.3 Å². The number of carbonyl (C=O) groups excluding carboxylic acids is 1. The Bertz CT molecular complexity index is 870. The second-order valence-corrected chi connectivity index (χ2v) is 9.14. The third-order valence-electron chi connectivity index (χ3n) is 5.15. The van der Waals surface area contributed by atoms with Gasteiger partial charge in [-0.25, -0.2) is 4.79 Å². The Morgan fingerprint density at radius 1 is 1.29 bits per heavy atom. The lowest BCUT2D eigenvalue weighted by molar-refractivity contribution is -0.384. The largest absolute Gasteiger partial charge is 0.513 e. The van der Waals surface area contributed by atoms with Crippen LogP contribution in [0.4, 0.5) is 10.5 Å². The van der Waals surface area contributed by atoms with Crippen molar-refractivity contribution in [2.75, 3.05) is 6.61 Å². The van der Waals surface area contributed by atoms with E-state index in [4.69, 9.17) is 9.47 Å². The van der Waals surface area contributed by atoms with Crippen LogP contribution >= 0.6 is 11.3 Å². The molecule has 0 spiro atoms. The van der Waals surface area contributed by atoms with E-state index in [0.29, 0.717) is 5.41 Å². The average molecular weight is 404 g/mol. The second-order valence-electron chi connectivity index (χ2n) is 7.95. The van der Waals surface area contributed by atoms with Gasteiger partial charge in [-0.1, -0.05) is 13.8 Å². The summed E-state index contributed by atoms with van der Waals surface area (Å²) in [5.41, 5.74) is 3.25. The highest BCUT2D eigenvalue weighted by Gasteiger charge is 2.28. The first-order valence-corrected chi connectivity index (χ1v) is 10.3. The minimum Gasteiger partial charge on any atom is -0.434 e. The zero-order valence-corrected chi connectivity index (χ0v) is 17.3. The second kappa shape index (κ2) is 8.31. The molecule has 0 radical (unpaired) electrons. The fraction of sp³-hybridized carbons (Fsp3) is 0.476. The van der Waals surface area contributed by atoms with E-state index in [-0.39, 0.29) is 18.0 Å². The first-order chi connectivity index (χ1) is 13.2. The van der Waals surface area contributed by atoms with Crippen LogP contribution in [-0.4, -0.2) is 17.7 Å². The molecule has 1 heterocycles. The van der Waals surface area contributed by atoms with Crippen LogP contribution in [0, 0.1) is 22.5 Å². The number of non-ortho nitro benzene ring substituents is 1. The summed E-state index contributed by atoms with van der Waals surface area (Å²) in [5.74, 6) is 0.222. The summed E-state index contributed by atoms with van der Waals surface area (Å²) in [7, 11) is 0. The van der Waals surface area contributed by atoms with Gasteiger partial charge >= 0.3 is 6.16 Å². The molecule has 28 heavy (non-hydrogen) atoms. The molecule has 0 saturated carbocycles.